The standard InChI is InChI=1S/C12H25N3O2/c1-9(2)12(13)7-15(8-12)10(3)11(16)14-5-6-17-4/h9-10H,5-8,13H2,1-4H3,(H,14,16). The molecule has 0 saturated carbocycles. The van der Waals surface area contributed by atoms with Gasteiger partial charge in [0.25, 0.3) is 0 Å². The fourth-order valence-electron chi connectivity index (χ4n) is 1.94. The first kappa shape index (κ1) is 14.4. The molecule has 0 spiro atoms. The van der Waals surface area contributed by atoms with Crippen molar-refractivity contribution in [3.05, 3.63) is 0 Å². The third kappa shape index (κ3) is 3.40. The van der Waals surface area contributed by atoms with Gasteiger partial charge in [-0.15, -0.1) is 0 Å². The number of nitrogens with zero attached hydrogens (tertiary/aromatic N) is 1. The van der Waals surface area contributed by atoms with Crippen LogP contribution in [0.25, 0.3) is 0 Å². The van der Waals surface area contributed by atoms with Gasteiger partial charge in [-0.1, -0.05) is 13.8 Å². The summed E-state index contributed by atoms with van der Waals surface area (Å²) in [4.78, 5) is 13.9. The number of hydrogen-bond acceptors (Lipinski definition) is 4. The lowest BCUT2D eigenvalue weighted by molar-refractivity contribution is -0.129. The van der Waals surface area contributed by atoms with Gasteiger partial charge in [0, 0.05) is 32.3 Å². The van der Waals surface area contributed by atoms with Crippen molar-refractivity contribution in [2.75, 3.05) is 33.4 Å². The third-order valence-electron chi connectivity index (χ3n) is 3.68. The zero-order valence-corrected chi connectivity index (χ0v) is 11.3. The van der Waals surface area contributed by atoms with E-state index in [4.69, 9.17) is 10.5 Å². The van der Waals surface area contributed by atoms with Crippen LogP contribution in [0.1, 0.15) is 20.8 Å². The van der Waals surface area contributed by atoms with Crippen molar-refractivity contribution < 1.29 is 9.53 Å². The van der Waals surface area contributed by atoms with Gasteiger partial charge in [0.1, 0.15) is 0 Å². The van der Waals surface area contributed by atoms with Crippen LogP contribution in [0.5, 0.6) is 0 Å². The summed E-state index contributed by atoms with van der Waals surface area (Å²) in [6, 6.07) is -0.109. The van der Waals surface area contributed by atoms with Crippen molar-refractivity contribution in [2.45, 2.75) is 32.4 Å². The van der Waals surface area contributed by atoms with E-state index in [1.54, 1.807) is 7.11 Å². The summed E-state index contributed by atoms with van der Waals surface area (Å²) in [7, 11) is 1.62. The number of amides is 1. The lowest BCUT2D eigenvalue weighted by atomic mass is 9.79. The highest BCUT2D eigenvalue weighted by Gasteiger charge is 2.44. The second kappa shape index (κ2) is 5.80. The molecule has 0 aromatic heterocycles. The van der Waals surface area contributed by atoms with E-state index >= 15 is 0 Å². The molecule has 0 aromatic rings. The highest BCUT2D eigenvalue weighted by atomic mass is 16.5. The topological polar surface area (TPSA) is 67.6 Å². The Morgan fingerprint density at radius 1 is 1.47 bits per heavy atom. The van der Waals surface area contributed by atoms with Crippen LogP contribution in [-0.2, 0) is 9.53 Å². The summed E-state index contributed by atoms with van der Waals surface area (Å²) in [6.07, 6.45) is 0. The monoisotopic (exact) mass is 243 g/mol. The van der Waals surface area contributed by atoms with Crippen molar-refractivity contribution in [1.29, 1.82) is 0 Å². The van der Waals surface area contributed by atoms with Crippen LogP contribution in [0, 0.1) is 5.92 Å². The van der Waals surface area contributed by atoms with E-state index < -0.39 is 0 Å². The Morgan fingerprint density at radius 3 is 2.53 bits per heavy atom. The number of nitrogens with one attached hydrogen (secondary N) is 1. The third-order valence-corrected chi connectivity index (χ3v) is 3.68. The molecule has 1 heterocycles. The SMILES string of the molecule is COCCNC(=O)C(C)N1CC(N)(C(C)C)C1. The van der Waals surface area contributed by atoms with Crippen LogP contribution in [0.3, 0.4) is 0 Å². The second-order valence-electron chi connectivity index (χ2n) is 5.25. The molecular weight excluding hydrogens is 218 g/mol. The minimum atomic E-state index is -0.124. The fourth-order valence-corrected chi connectivity index (χ4v) is 1.94. The number of carbonyl (C=O) groups is 1. The molecule has 1 amide bonds. The zero-order valence-electron chi connectivity index (χ0n) is 11.3. The van der Waals surface area contributed by atoms with Gasteiger partial charge in [0.05, 0.1) is 12.6 Å². The first-order valence-electron chi connectivity index (χ1n) is 6.20. The number of ether oxygens (including phenoxy) is 1. The highest BCUT2D eigenvalue weighted by molar-refractivity contribution is 5.81. The predicted molar refractivity (Wildman–Crippen MR) is 67.7 cm³/mol. The van der Waals surface area contributed by atoms with Crippen molar-refractivity contribution in [1.82, 2.24) is 10.2 Å². The molecule has 1 aliphatic rings. The second-order valence-corrected chi connectivity index (χ2v) is 5.25. The van der Waals surface area contributed by atoms with Gasteiger partial charge < -0.3 is 15.8 Å². The minimum absolute atomic E-state index is 0.0489. The quantitative estimate of drug-likeness (QED) is 0.634. The molecule has 1 fully saturated rings. The van der Waals surface area contributed by atoms with Gasteiger partial charge >= 0.3 is 0 Å². The predicted octanol–water partition coefficient (Wildman–Crippen LogP) is -0.193. The largest absolute Gasteiger partial charge is 0.383 e. The number of rotatable bonds is 6. The number of methoxy groups -OCH3 is 1. The first-order valence-corrected chi connectivity index (χ1v) is 6.20. The Hall–Kier alpha value is -0.650. The minimum Gasteiger partial charge on any atom is -0.383 e. The maximum Gasteiger partial charge on any atom is 0.237 e. The van der Waals surface area contributed by atoms with Crippen LogP contribution < -0.4 is 11.1 Å². The van der Waals surface area contributed by atoms with Crippen LogP contribution in [-0.4, -0.2) is 55.7 Å². The maximum atomic E-state index is 11.8. The molecule has 1 atom stereocenters. The van der Waals surface area contributed by atoms with Gasteiger partial charge in [0.2, 0.25) is 5.91 Å². The van der Waals surface area contributed by atoms with Gasteiger partial charge in [0.15, 0.2) is 0 Å². The maximum absolute atomic E-state index is 11.8. The number of hydrogen-bond donors (Lipinski definition) is 2. The average Bonchev–Trinajstić information content (AvgIpc) is 2.23. The molecule has 1 saturated heterocycles. The Morgan fingerprint density at radius 2 is 2.06 bits per heavy atom. The summed E-state index contributed by atoms with van der Waals surface area (Å²) >= 11 is 0. The summed E-state index contributed by atoms with van der Waals surface area (Å²) < 4.78 is 4.89. The molecule has 1 aliphatic heterocycles. The van der Waals surface area contributed by atoms with Crippen LogP contribution in [0.2, 0.25) is 0 Å². The van der Waals surface area contributed by atoms with Crippen molar-refractivity contribution >= 4 is 5.91 Å². The van der Waals surface area contributed by atoms with Crippen molar-refractivity contribution in [2.24, 2.45) is 11.7 Å². The Balaban J connectivity index is 2.31. The van der Waals surface area contributed by atoms with Crippen molar-refractivity contribution in [3.8, 4) is 0 Å². The number of carbonyl (C=O) groups excluding carboxylic acids is 1. The lowest BCUT2D eigenvalue weighted by Gasteiger charge is -2.52. The molecule has 0 radical (unpaired) electrons. The van der Waals surface area contributed by atoms with E-state index in [9.17, 15) is 4.79 Å². The molecule has 0 bridgehead atoms. The van der Waals surface area contributed by atoms with E-state index in [0.29, 0.717) is 19.1 Å². The van der Waals surface area contributed by atoms with Crippen LogP contribution >= 0.6 is 0 Å². The molecule has 100 valence electrons. The molecular formula is C12H25N3O2. The van der Waals surface area contributed by atoms with E-state index in [1.807, 2.05) is 6.92 Å². The fraction of sp³-hybridized carbons (Fsp3) is 0.917. The number of likely N-dealkylation sites (tertiary alicyclic amines) is 1. The molecule has 17 heavy (non-hydrogen) atoms. The van der Waals surface area contributed by atoms with E-state index in [0.717, 1.165) is 13.1 Å². The Kier molecular flexibility index (Phi) is 4.91. The average molecular weight is 243 g/mol. The van der Waals surface area contributed by atoms with Gasteiger partial charge in [-0.25, -0.2) is 0 Å². The van der Waals surface area contributed by atoms with Crippen LogP contribution in [0.15, 0.2) is 0 Å². The first-order chi connectivity index (χ1) is 7.90. The molecule has 1 unspecified atom stereocenters. The van der Waals surface area contributed by atoms with E-state index in [1.165, 1.54) is 0 Å². The van der Waals surface area contributed by atoms with Crippen molar-refractivity contribution in [3.63, 3.8) is 0 Å². The summed E-state index contributed by atoms with van der Waals surface area (Å²) in [5.41, 5.74) is 6.08. The molecule has 0 aliphatic carbocycles. The molecule has 1 rings (SSSR count). The van der Waals surface area contributed by atoms with Gasteiger partial charge in [-0.05, 0) is 12.8 Å². The van der Waals surface area contributed by atoms with E-state index in [2.05, 4.69) is 24.1 Å². The smallest absolute Gasteiger partial charge is 0.237 e. The Labute approximate surface area is 104 Å². The van der Waals surface area contributed by atoms with Crippen LogP contribution in [0.4, 0.5) is 0 Å². The molecule has 0 aromatic carbocycles. The molecule has 5 nitrogen and oxygen atoms in total. The lowest BCUT2D eigenvalue weighted by Crippen LogP contribution is -2.72. The zero-order chi connectivity index (χ0) is 13.1. The summed E-state index contributed by atoms with van der Waals surface area (Å²) in [5.74, 6) is 0.496. The van der Waals surface area contributed by atoms with Gasteiger partial charge in [-0.3, -0.25) is 9.69 Å². The highest BCUT2D eigenvalue weighted by Crippen LogP contribution is 2.27. The summed E-state index contributed by atoms with van der Waals surface area (Å²) in [5, 5.41) is 2.84. The van der Waals surface area contributed by atoms with Gasteiger partial charge in [-0.2, -0.15) is 0 Å². The Bertz CT molecular complexity index is 262. The summed E-state index contributed by atoms with van der Waals surface area (Å²) in [6.45, 7) is 8.87. The normalized spacial score (nSPS) is 21.1. The molecule has 3 N–H and O–H groups in total. The van der Waals surface area contributed by atoms with E-state index in [-0.39, 0.29) is 17.5 Å². The number of nitrogens with two attached hydrogens (primary N) is 1. The molecule has 5 heteroatoms.